The molecule has 1 fully saturated rings. The van der Waals surface area contributed by atoms with Crippen LogP contribution in [-0.4, -0.2) is 56.9 Å². The van der Waals surface area contributed by atoms with Crippen LogP contribution in [0.15, 0.2) is 48.5 Å². The van der Waals surface area contributed by atoms with Crippen molar-refractivity contribution in [2.75, 3.05) is 51.8 Å². The molecule has 5 heteroatoms. The van der Waals surface area contributed by atoms with Gasteiger partial charge in [0.25, 0.3) is 0 Å². The highest BCUT2D eigenvalue weighted by molar-refractivity contribution is 5.49. The summed E-state index contributed by atoms with van der Waals surface area (Å²) in [6.45, 7) is 4.43. The minimum atomic E-state index is -0.498. The van der Waals surface area contributed by atoms with Gasteiger partial charge in [-0.25, -0.2) is 0 Å². The number of β-amino-alcohol motifs (C(OH)–C–C–N with tert-alkyl or cyclic N) is 1. The molecule has 0 spiro atoms. The first kappa shape index (κ1) is 17.6. The Hall–Kier alpha value is -2.24. The normalized spacial score (nSPS) is 16.5. The second kappa shape index (κ2) is 8.23. The van der Waals surface area contributed by atoms with Crippen molar-refractivity contribution in [1.82, 2.24) is 4.90 Å². The van der Waals surface area contributed by atoms with Crippen LogP contribution in [0.5, 0.6) is 11.5 Å². The Labute approximate surface area is 149 Å². The van der Waals surface area contributed by atoms with Crippen molar-refractivity contribution in [3.05, 3.63) is 54.1 Å². The number of ether oxygens (including phenoxy) is 2. The van der Waals surface area contributed by atoms with E-state index in [2.05, 4.69) is 21.9 Å². The van der Waals surface area contributed by atoms with Crippen molar-refractivity contribution < 1.29 is 14.6 Å². The molecule has 2 aromatic rings. The summed E-state index contributed by atoms with van der Waals surface area (Å²) in [5.74, 6) is 1.66. The lowest BCUT2D eigenvalue weighted by atomic mass is 10.1. The molecule has 25 heavy (non-hydrogen) atoms. The predicted molar refractivity (Wildman–Crippen MR) is 99.6 cm³/mol. The zero-order valence-corrected chi connectivity index (χ0v) is 14.9. The Morgan fingerprint density at radius 2 is 1.60 bits per heavy atom. The maximum Gasteiger partial charge on any atom is 0.119 e. The summed E-state index contributed by atoms with van der Waals surface area (Å²) >= 11 is 0. The predicted octanol–water partition coefficient (Wildman–Crippen LogP) is 2.56. The number of benzene rings is 2. The maximum absolute atomic E-state index is 10.5. The van der Waals surface area contributed by atoms with Crippen LogP contribution in [0, 0.1) is 0 Å². The monoisotopic (exact) mass is 342 g/mol. The van der Waals surface area contributed by atoms with Crippen LogP contribution in [0.1, 0.15) is 11.7 Å². The van der Waals surface area contributed by atoms with E-state index in [0.717, 1.165) is 43.2 Å². The fourth-order valence-corrected chi connectivity index (χ4v) is 3.18. The average Bonchev–Trinajstić information content (AvgIpc) is 2.68. The molecular weight excluding hydrogens is 316 g/mol. The van der Waals surface area contributed by atoms with Gasteiger partial charge in [0.1, 0.15) is 11.5 Å². The number of aliphatic hydroxyl groups excluding tert-OH is 1. The molecule has 0 aliphatic carbocycles. The maximum atomic E-state index is 10.5. The lowest BCUT2D eigenvalue weighted by molar-refractivity contribution is 0.109. The van der Waals surface area contributed by atoms with Crippen LogP contribution in [0.3, 0.4) is 0 Å². The first-order chi connectivity index (χ1) is 12.2. The van der Waals surface area contributed by atoms with E-state index in [0.29, 0.717) is 6.54 Å². The summed E-state index contributed by atoms with van der Waals surface area (Å²) in [6.07, 6.45) is -0.498. The first-order valence-corrected chi connectivity index (χ1v) is 8.63. The number of aliphatic hydroxyl groups is 1. The summed E-state index contributed by atoms with van der Waals surface area (Å²) in [6, 6.07) is 15.8. The van der Waals surface area contributed by atoms with E-state index in [1.807, 2.05) is 36.4 Å². The number of nitrogens with zero attached hydrogens (tertiary/aromatic N) is 2. The molecule has 1 aliphatic heterocycles. The molecule has 0 amide bonds. The summed E-state index contributed by atoms with van der Waals surface area (Å²) in [5, 5.41) is 10.5. The zero-order valence-electron chi connectivity index (χ0n) is 14.9. The summed E-state index contributed by atoms with van der Waals surface area (Å²) < 4.78 is 10.4. The van der Waals surface area contributed by atoms with Crippen LogP contribution in [-0.2, 0) is 0 Å². The van der Waals surface area contributed by atoms with E-state index >= 15 is 0 Å². The molecule has 5 nitrogen and oxygen atoms in total. The molecule has 3 rings (SSSR count). The van der Waals surface area contributed by atoms with Crippen LogP contribution < -0.4 is 14.4 Å². The minimum Gasteiger partial charge on any atom is -0.497 e. The van der Waals surface area contributed by atoms with Gasteiger partial charge < -0.3 is 19.5 Å². The smallest absolute Gasteiger partial charge is 0.119 e. The molecule has 1 atom stereocenters. The standard InChI is InChI=1S/C20H26N2O3/c1-24-18-8-6-17(7-9-18)22-12-10-21(11-13-22)15-20(23)16-4-3-5-19(14-16)25-2/h3-9,14,20,23H,10-13,15H2,1-2H3/t20-/m0/s1. The van der Waals surface area contributed by atoms with E-state index in [1.165, 1.54) is 5.69 Å². The van der Waals surface area contributed by atoms with E-state index in [-0.39, 0.29) is 0 Å². The van der Waals surface area contributed by atoms with Crippen molar-refractivity contribution >= 4 is 5.69 Å². The van der Waals surface area contributed by atoms with Crippen LogP contribution in [0.25, 0.3) is 0 Å². The second-order valence-electron chi connectivity index (χ2n) is 6.28. The van der Waals surface area contributed by atoms with E-state index in [4.69, 9.17) is 9.47 Å². The highest BCUT2D eigenvalue weighted by Gasteiger charge is 2.20. The Balaban J connectivity index is 1.53. The minimum absolute atomic E-state index is 0.498. The van der Waals surface area contributed by atoms with Gasteiger partial charge in [0.05, 0.1) is 20.3 Å². The van der Waals surface area contributed by atoms with Crippen molar-refractivity contribution in [1.29, 1.82) is 0 Å². The van der Waals surface area contributed by atoms with Gasteiger partial charge in [-0.05, 0) is 42.0 Å². The quantitative estimate of drug-likeness (QED) is 0.874. The number of methoxy groups -OCH3 is 2. The topological polar surface area (TPSA) is 45.2 Å². The fourth-order valence-electron chi connectivity index (χ4n) is 3.18. The Bertz CT molecular complexity index is 667. The van der Waals surface area contributed by atoms with Crippen molar-refractivity contribution in [2.45, 2.75) is 6.10 Å². The van der Waals surface area contributed by atoms with Gasteiger partial charge in [0.15, 0.2) is 0 Å². The molecule has 1 heterocycles. The summed E-state index contributed by atoms with van der Waals surface area (Å²) in [7, 11) is 3.32. The molecule has 0 aromatic heterocycles. The Morgan fingerprint density at radius 1 is 0.920 bits per heavy atom. The first-order valence-electron chi connectivity index (χ1n) is 8.63. The van der Waals surface area contributed by atoms with Gasteiger partial charge >= 0.3 is 0 Å². The van der Waals surface area contributed by atoms with Gasteiger partial charge in [-0.1, -0.05) is 12.1 Å². The Morgan fingerprint density at radius 3 is 2.24 bits per heavy atom. The largest absolute Gasteiger partial charge is 0.497 e. The molecule has 2 aromatic carbocycles. The number of anilines is 1. The van der Waals surface area contributed by atoms with Crippen LogP contribution >= 0.6 is 0 Å². The van der Waals surface area contributed by atoms with Gasteiger partial charge in [-0.2, -0.15) is 0 Å². The molecule has 0 radical (unpaired) electrons. The number of hydrogen-bond acceptors (Lipinski definition) is 5. The van der Waals surface area contributed by atoms with Crippen molar-refractivity contribution in [3.8, 4) is 11.5 Å². The van der Waals surface area contributed by atoms with Gasteiger partial charge in [-0.3, -0.25) is 4.90 Å². The molecule has 134 valence electrons. The summed E-state index contributed by atoms with van der Waals surface area (Å²) in [4.78, 5) is 4.68. The third kappa shape index (κ3) is 4.44. The average molecular weight is 342 g/mol. The zero-order chi connectivity index (χ0) is 17.6. The molecule has 1 N–H and O–H groups in total. The van der Waals surface area contributed by atoms with Crippen molar-refractivity contribution in [2.24, 2.45) is 0 Å². The van der Waals surface area contributed by atoms with Gasteiger partial charge in [0, 0.05) is 38.4 Å². The second-order valence-corrected chi connectivity index (χ2v) is 6.28. The Kier molecular flexibility index (Phi) is 5.79. The van der Waals surface area contributed by atoms with Gasteiger partial charge in [-0.15, -0.1) is 0 Å². The number of hydrogen-bond donors (Lipinski definition) is 1. The third-order valence-electron chi connectivity index (χ3n) is 4.72. The molecule has 0 bridgehead atoms. The molecule has 0 saturated carbocycles. The summed E-state index contributed by atoms with van der Waals surface area (Å²) in [5.41, 5.74) is 2.12. The molecule has 0 unspecified atom stereocenters. The van der Waals surface area contributed by atoms with E-state index < -0.39 is 6.10 Å². The highest BCUT2D eigenvalue weighted by Crippen LogP contribution is 2.23. The molecule has 1 saturated heterocycles. The van der Waals surface area contributed by atoms with Crippen molar-refractivity contribution in [3.63, 3.8) is 0 Å². The molecular formula is C20H26N2O3. The SMILES string of the molecule is COc1ccc(N2CCN(C[C@H](O)c3cccc(OC)c3)CC2)cc1. The van der Waals surface area contributed by atoms with E-state index in [9.17, 15) is 5.11 Å². The number of rotatable bonds is 6. The lowest BCUT2D eigenvalue weighted by Gasteiger charge is -2.37. The highest BCUT2D eigenvalue weighted by atomic mass is 16.5. The van der Waals surface area contributed by atoms with Crippen LogP contribution in [0.4, 0.5) is 5.69 Å². The number of piperazine rings is 1. The van der Waals surface area contributed by atoms with Gasteiger partial charge in [0.2, 0.25) is 0 Å². The lowest BCUT2D eigenvalue weighted by Crippen LogP contribution is -2.47. The molecule has 1 aliphatic rings. The fraction of sp³-hybridized carbons (Fsp3) is 0.400. The van der Waals surface area contributed by atoms with E-state index in [1.54, 1.807) is 14.2 Å². The third-order valence-corrected chi connectivity index (χ3v) is 4.72. The van der Waals surface area contributed by atoms with Crippen LogP contribution in [0.2, 0.25) is 0 Å².